The topological polar surface area (TPSA) is 95.5 Å². The average Bonchev–Trinajstić information content (AvgIpc) is 2.50. The molecule has 0 aromatic rings. The van der Waals surface area contributed by atoms with Crippen LogP contribution in [0.3, 0.4) is 0 Å². The van der Waals surface area contributed by atoms with Crippen molar-refractivity contribution in [2.75, 3.05) is 6.54 Å². The van der Waals surface area contributed by atoms with Gasteiger partial charge in [0.05, 0.1) is 5.92 Å². The van der Waals surface area contributed by atoms with Crippen molar-refractivity contribution in [1.29, 1.82) is 0 Å². The predicted octanol–water partition coefficient (Wildman–Crippen LogP) is 1.01. The zero-order valence-electron chi connectivity index (χ0n) is 10.6. The molecule has 2 atom stereocenters. The van der Waals surface area contributed by atoms with E-state index in [1.807, 2.05) is 4.72 Å². The third-order valence-electron chi connectivity index (χ3n) is 3.10. The second-order valence-electron chi connectivity index (χ2n) is 4.75. The van der Waals surface area contributed by atoms with Gasteiger partial charge in [-0.15, -0.1) is 0 Å². The summed E-state index contributed by atoms with van der Waals surface area (Å²) in [7, 11) is -4.38. The summed E-state index contributed by atoms with van der Waals surface area (Å²) in [5.74, 6) is -2.06. The van der Waals surface area contributed by atoms with Crippen LogP contribution in [0.5, 0.6) is 0 Å². The van der Waals surface area contributed by atoms with Crippen molar-refractivity contribution in [3.05, 3.63) is 0 Å². The molecule has 0 bridgehead atoms. The highest BCUT2D eigenvalue weighted by Crippen LogP contribution is 2.24. The Morgan fingerprint density at radius 1 is 1.20 bits per heavy atom. The second kappa shape index (κ2) is 6.72. The molecule has 20 heavy (non-hydrogen) atoms. The van der Waals surface area contributed by atoms with Crippen LogP contribution in [0.1, 0.15) is 32.1 Å². The first kappa shape index (κ1) is 17.2. The molecular weight excluding hydrogens is 301 g/mol. The smallest absolute Gasteiger partial charge is 0.402 e. The van der Waals surface area contributed by atoms with Gasteiger partial charge in [-0.05, 0) is 12.8 Å². The summed E-state index contributed by atoms with van der Waals surface area (Å²) in [6.07, 6.45) is -1.99. The van der Waals surface area contributed by atoms with Crippen molar-refractivity contribution in [3.8, 4) is 0 Å². The Hall–Kier alpha value is -0.870. The Labute approximate surface area is 114 Å². The van der Waals surface area contributed by atoms with Crippen LogP contribution in [0.2, 0.25) is 0 Å². The van der Waals surface area contributed by atoms with Gasteiger partial charge in [-0.2, -0.15) is 31.0 Å². The Bertz CT molecular complexity index is 438. The highest BCUT2D eigenvalue weighted by Gasteiger charge is 2.34. The van der Waals surface area contributed by atoms with Gasteiger partial charge in [-0.1, -0.05) is 19.3 Å². The normalized spacial score (nSPS) is 25.1. The van der Waals surface area contributed by atoms with Crippen LogP contribution in [0, 0.1) is 5.92 Å². The molecule has 0 amide bonds. The number of nitrogens with one attached hydrogen (secondary N) is 2. The number of aliphatic carboxylic acids is 1. The maximum absolute atomic E-state index is 12.0. The largest absolute Gasteiger partial charge is 0.481 e. The van der Waals surface area contributed by atoms with Crippen molar-refractivity contribution in [3.63, 3.8) is 0 Å². The van der Waals surface area contributed by atoms with Gasteiger partial charge in [0.1, 0.15) is 6.54 Å². The Morgan fingerprint density at radius 2 is 1.80 bits per heavy atom. The third-order valence-corrected chi connectivity index (χ3v) is 4.24. The molecule has 1 fully saturated rings. The number of hydrogen-bond donors (Lipinski definition) is 3. The van der Waals surface area contributed by atoms with E-state index in [0.29, 0.717) is 25.7 Å². The van der Waals surface area contributed by atoms with E-state index in [9.17, 15) is 26.4 Å². The number of rotatable bonds is 5. The fourth-order valence-corrected chi connectivity index (χ4v) is 3.28. The number of hydrogen-bond acceptors (Lipinski definition) is 3. The molecule has 10 heteroatoms. The van der Waals surface area contributed by atoms with Gasteiger partial charge in [0.2, 0.25) is 0 Å². The number of alkyl halides is 3. The molecule has 0 aliphatic heterocycles. The minimum atomic E-state index is -4.66. The monoisotopic (exact) mass is 318 g/mol. The van der Waals surface area contributed by atoms with Crippen molar-refractivity contribution >= 4 is 16.2 Å². The lowest BCUT2D eigenvalue weighted by atomic mass is 9.96. The number of carboxylic acid groups (broad SMARTS) is 1. The molecule has 1 aliphatic carbocycles. The maximum atomic E-state index is 12.0. The molecule has 0 heterocycles. The van der Waals surface area contributed by atoms with Crippen LogP contribution in [-0.2, 0) is 15.0 Å². The van der Waals surface area contributed by atoms with Crippen molar-refractivity contribution in [2.24, 2.45) is 5.92 Å². The molecule has 0 aromatic carbocycles. The van der Waals surface area contributed by atoms with Crippen molar-refractivity contribution in [1.82, 2.24) is 9.44 Å². The van der Waals surface area contributed by atoms with Crippen molar-refractivity contribution in [2.45, 2.75) is 44.3 Å². The first-order valence-electron chi connectivity index (χ1n) is 6.17. The summed E-state index contributed by atoms with van der Waals surface area (Å²) in [5, 5.41) is 9.05. The van der Waals surface area contributed by atoms with E-state index in [1.165, 1.54) is 4.72 Å². The van der Waals surface area contributed by atoms with Crippen molar-refractivity contribution < 1.29 is 31.5 Å². The lowest BCUT2D eigenvalue weighted by Crippen LogP contribution is -2.49. The van der Waals surface area contributed by atoms with Gasteiger partial charge < -0.3 is 5.11 Å². The minimum absolute atomic E-state index is 0.296. The van der Waals surface area contributed by atoms with Crippen LogP contribution >= 0.6 is 0 Å². The van der Waals surface area contributed by atoms with E-state index in [0.717, 1.165) is 6.42 Å². The molecule has 1 aliphatic rings. The summed E-state index contributed by atoms with van der Waals surface area (Å²) in [6, 6.07) is -0.888. The second-order valence-corrected chi connectivity index (χ2v) is 6.28. The molecule has 6 nitrogen and oxygen atoms in total. The van der Waals surface area contributed by atoms with Crippen LogP contribution in [0.25, 0.3) is 0 Å². The van der Waals surface area contributed by atoms with E-state index in [4.69, 9.17) is 5.11 Å². The molecule has 0 radical (unpaired) electrons. The maximum Gasteiger partial charge on any atom is 0.402 e. The standard InChI is InChI=1S/C10H17F3N2O4S/c11-10(12,13)6-14-20(18,19)15-8-5-3-1-2-4-7(8)9(16)17/h7-8,14-15H,1-6H2,(H,16,17). The fraction of sp³-hybridized carbons (Fsp3) is 0.900. The number of carbonyl (C=O) groups is 1. The number of halogens is 3. The molecule has 1 saturated carbocycles. The molecule has 0 spiro atoms. The molecule has 118 valence electrons. The first-order valence-corrected chi connectivity index (χ1v) is 7.65. The highest BCUT2D eigenvalue weighted by atomic mass is 32.2. The summed E-state index contributed by atoms with van der Waals surface area (Å²) in [5.41, 5.74) is 0. The fourth-order valence-electron chi connectivity index (χ4n) is 2.16. The van der Waals surface area contributed by atoms with E-state index in [-0.39, 0.29) is 0 Å². The van der Waals surface area contributed by atoms with Gasteiger partial charge in [0, 0.05) is 6.04 Å². The van der Waals surface area contributed by atoms with Crippen LogP contribution in [-0.4, -0.2) is 38.3 Å². The molecule has 0 aromatic heterocycles. The van der Waals surface area contributed by atoms with Gasteiger partial charge in [0.25, 0.3) is 10.2 Å². The summed E-state index contributed by atoms with van der Waals surface area (Å²) in [6.45, 7) is -1.69. The van der Waals surface area contributed by atoms with Gasteiger partial charge in [-0.25, -0.2) is 0 Å². The molecule has 1 rings (SSSR count). The van der Waals surface area contributed by atoms with Crippen LogP contribution in [0.4, 0.5) is 13.2 Å². The lowest BCUT2D eigenvalue weighted by molar-refractivity contribution is -0.142. The summed E-state index contributed by atoms with van der Waals surface area (Å²) in [4.78, 5) is 11.1. The summed E-state index contributed by atoms with van der Waals surface area (Å²) < 4.78 is 62.4. The predicted molar refractivity (Wildman–Crippen MR) is 64.1 cm³/mol. The van der Waals surface area contributed by atoms with Crippen LogP contribution < -0.4 is 9.44 Å². The number of carboxylic acids is 1. The van der Waals surface area contributed by atoms with Gasteiger partial charge >= 0.3 is 12.1 Å². The third kappa shape index (κ3) is 6.06. The molecule has 0 saturated heterocycles. The van der Waals surface area contributed by atoms with E-state index >= 15 is 0 Å². The van der Waals surface area contributed by atoms with E-state index in [2.05, 4.69) is 0 Å². The average molecular weight is 318 g/mol. The highest BCUT2D eigenvalue weighted by molar-refractivity contribution is 7.87. The van der Waals surface area contributed by atoms with E-state index < -0.39 is 40.9 Å². The quantitative estimate of drug-likeness (QED) is 0.659. The molecule has 3 N–H and O–H groups in total. The van der Waals surface area contributed by atoms with E-state index in [1.54, 1.807) is 0 Å². The first-order chi connectivity index (χ1) is 9.11. The molecule has 2 unspecified atom stereocenters. The summed E-state index contributed by atoms with van der Waals surface area (Å²) >= 11 is 0. The Morgan fingerprint density at radius 3 is 2.35 bits per heavy atom. The SMILES string of the molecule is O=C(O)C1CCCCCC1NS(=O)(=O)NCC(F)(F)F. The zero-order chi connectivity index (χ0) is 15.4. The van der Waals surface area contributed by atoms with Gasteiger partial charge in [0.15, 0.2) is 0 Å². The van der Waals surface area contributed by atoms with Crippen LogP contribution in [0.15, 0.2) is 0 Å². The zero-order valence-corrected chi connectivity index (χ0v) is 11.4. The Balaban J connectivity index is 2.69. The lowest BCUT2D eigenvalue weighted by Gasteiger charge is -2.23. The Kier molecular flexibility index (Phi) is 5.78. The molecular formula is C10H17F3N2O4S. The minimum Gasteiger partial charge on any atom is -0.481 e. The van der Waals surface area contributed by atoms with Gasteiger partial charge in [-0.3, -0.25) is 4.79 Å².